The van der Waals surface area contributed by atoms with Crippen LogP contribution in [0.4, 0.5) is 13.2 Å². The Kier molecular flexibility index (Phi) is 4.36. The molecule has 1 N–H and O–H groups in total. The van der Waals surface area contributed by atoms with Gasteiger partial charge in [-0.2, -0.15) is 13.2 Å². The smallest absolute Gasteiger partial charge is 0.369 e. The van der Waals surface area contributed by atoms with E-state index in [1.807, 2.05) is 17.8 Å². The number of alkyl halides is 3. The molecule has 1 aliphatic heterocycles. The van der Waals surface area contributed by atoms with Crippen molar-refractivity contribution in [1.82, 2.24) is 19.9 Å². The fraction of sp³-hybridized carbons (Fsp3) is 0.467. The van der Waals surface area contributed by atoms with Crippen molar-refractivity contribution < 1.29 is 17.9 Å². The average molecular weight is 326 g/mol. The van der Waals surface area contributed by atoms with Gasteiger partial charge >= 0.3 is 6.18 Å². The molecule has 1 aliphatic rings. The van der Waals surface area contributed by atoms with Gasteiger partial charge in [0.1, 0.15) is 11.9 Å². The number of aromatic nitrogens is 3. The van der Waals surface area contributed by atoms with Crippen LogP contribution in [0.5, 0.6) is 0 Å². The molecule has 2 aromatic heterocycles. The molecule has 3 heterocycles. The Morgan fingerprint density at radius 3 is 2.87 bits per heavy atom. The molecule has 2 aromatic rings. The van der Waals surface area contributed by atoms with Gasteiger partial charge < -0.3 is 14.6 Å². The van der Waals surface area contributed by atoms with E-state index in [1.165, 1.54) is 12.3 Å². The van der Waals surface area contributed by atoms with E-state index in [0.717, 1.165) is 11.9 Å². The van der Waals surface area contributed by atoms with E-state index in [9.17, 15) is 13.2 Å². The molecule has 0 aliphatic carbocycles. The summed E-state index contributed by atoms with van der Waals surface area (Å²) in [4.78, 5) is 8.13. The zero-order valence-electron chi connectivity index (χ0n) is 12.5. The SMILES string of the molecule is Cn1ccnc1[C@H]1OCC[C@@H]1NCc1ncccc1C(F)(F)F. The molecule has 0 bridgehead atoms. The number of aryl methyl sites for hydroxylation is 1. The lowest BCUT2D eigenvalue weighted by Crippen LogP contribution is -2.33. The van der Waals surface area contributed by atoms with E-state index in [2.05, 4.69) is 15.3 Å². The topological polar surface area (TPSA) is 52.0 Å². The highest BCUT2D eigenvalue weighted by Gasteiger charge is 2.35. The molecule has 8 heteroatoms. The normalized spacial score (nSPS) is 21.7. The summed E-state index contributed by atoms with van der Waals surface area (Å²) in [5.74, 6) is 0.761. The van der Waals surface area contributed by atoms with Crippen LogP contribution in [0.2, 0.25) is 0 Å². The number of rotatable bonds is 4. The number of hydrogen-bond acceptors (Lipinski definition) is 4. The molecule has 1 fully saturated rings. The maximum Gasteiger partial charge on any atom is 0.418 e. The summed E-state index contributed by atoms with van der Waals surface area (Å²) < 4.78 is 46.5. The highest BCUT2D eigenvalue weighted by atomic mass is 19.4. The van der Waals surface area contributed by atoms with Crippen molar-refractivity contribution in [2.45, 2.75) is 31.3 Å². The Hall–Kier alpha value is -1.93. The van der Waals surface area contributed by atoms with Gasteiger partial charge in [-0.15, -0.1) is 0 Å². The molecule has 2 atom stereocenters. The highest BCUT2D eigenvalue weighted by Crippen LogP contribution is 2.32. The highest BCUT2D eigenvalue weighted by molar-refractivity contribution is 5.23. The van der Waals surface area contributed by atoms with E-state index in [4.69, 9.17) is 4.74 Å². The molecule has 0 aromatic carbocycles. The third-order valence-electron chi connectivity index (χ3n) is 3.93. The second-order valence-electron chi connectivity index (χ2n) is 5.46. The van der Waals surface area contributed by atoms with Gasteiger partial charge in [-0.05, 0) is 18.6 Å². The molecule has 23 heavy (non-hydrogen) atoms. The first-order valence-corrected chi connectivity index (χ1v) is 7.30. The number of hydrogen-bond donors (Lipinski definition) is 1. The first-order chi connectivity index (χ1) is 11.0. The van der Waals surface area contributed by atoms with Crippen molar-refractivity contribution in [2.24, 2.45) is 7.05 Å². The fourth-order valence-electron chi connectivity index (χ4n) is 2.77. The van der Waals surface area contributed by atoms with Crippen molar-refractivity contribution >= 4 is 0 Å². The summed E-state index contributed by atoms with van der Waals surface area (Å²) in [5, 5.41) is 3.14. The Labute approximate surface area is 131 Å². The van der Waals surface area contributed by atoms with Crippen LogP contribution in [0.3, 0.4) is 0 Å². The monoisotopic (exact) mass is 326 g/mol. The van der Waals surface area contributed by atoms with Gasteiger partial charge in [0.05, 0.1) is 11.3 Å². The minimum absolute atomic E-state index is 0.00881. The minimum Gasteiger partial charge on any atom is -0.369 e. The third kappa shape index (κ3) is 3.37. The molecular weight excluding hydrogens is 309 g/mol. The molecule has 0 amide bonds. The van der Waals surface area contributed by atoms with Crippen molar-refractivity contribution in [2.75, 3.05) is 6.61 Å². The molecule has 124 valence electrons. The zero-order valence-corrected chi connectivity index (χ0v) is 12.5. The summed E-state index contributed by atoms with van der Waals surface area (Å²) in [5.41, 5.74) is -0.717. The van der Waals surface area contributed by atoms with Crippen LogP contribution >= 0.6 is 0 Å². The lowest BCUT2D eigenvalue weighted by Gasteiger charge is -2.20. The largest absolute Gasteiger partial charge is 0.418 e. The summed E-state index contributed by atoms with van der Waals surface area (Å²) in [6.45, 7) is 0.578. The maximum absolute atomic E-state index is 13.0. The van der Waals surface area contributed by atoms with Gasteiger partial charge in [-0.25, -0.2) is 4.98 Å². The fourth-order valence-corrected chi connectivity index (χ4v) is 2.77. The number of ether oxygens (including phenoxy) is 1. The Morgan fingerprint density at radius 2 is 2.17 bits per heavy atom. The first-order valence-electron chi connectivity index (χ1n) is 7.30. The molecule has 0 saturated carbocycles. The quantitative estimate of drug-likeness (QED) is 0.938. The van der Waals surface area contributed by atoms with E-state index in [0.29, 0.717) is 13.0 Å². The molecule has 0 radical (unpaired) electrons. The Morgan fingerprint density at radius 1 is 1.35 bits per heavy atom. The van der Waals surface area contributed by atoms with E-state index >= 15 is 0 Å². The van der Waals surface area contributed by atoms with Crippen LogP contribution in [-0.4, -0.2) is 27.2 Å². The number of pyridine rings is 1. The standard InChI is InChI=1S/C15H17F3N4O/c1-22-7-6-20-14(22)13-11(4-8-23-13)21-9-12-10(15(16,17)18)3-2-5-19-12/h2-3,5-7,11,13,21H,4,8-9H2,1H3/t11-,13-/m0/s1. The van der Waals surface area contributed by atoms with Crippen LogP contribution < -0.4 is 5.32 Å². The van der Waals surface area contributed by atoms with E-state index < -0.39 is 11.7 Å². The van der Waals surface area contributed by atoms with Gasteiger partial charge in [0.2, 0.25) is 0 Å². The zero-order chi connectivity index (χ0) is 16.4. The lowest BCUT2D eigenvalue weighted by atomic mass is 10.1. The van der Waals surface area contributed by atoms with Crippen LogP contribution in [0.25, 0.3) is 0 Å². The van der Waals surface area contributed by atoms with Crippen molar-refractivity contribution in [3.05, 3.63) is 47.8 Å². The lowest BCUT2D eigenvalue weighted by molar-refractivity contribution is -0.138. The summed E-state index contributed by atoms with van der Waals surface area (Å²) in [6.07, 6.45) is 0.895. The molecule has 3 rings (SSSR count). The molecular formula is C15H17F3N4O. The molecule has 5 nitrogen and oxygen atoms in total. The summed E-state index contributed by atoms with van der Waals surface area (Å²) in [6, 6.07) is 2.24. The van der Waals surface area contributed by atoms with Gasteiger partial charge in [-0.1, -0.05) is 0 Å². The predicted octanol–water partition coefficient (Wildman–Crippen LogP) is 2.45. The van der Waals surface area contributed by atoms with Crippen molar-refractivity contribution in [1.29, 1.82) is 0 Å². The van der Waals surface area contributed by atoms with Crippen LogP contribution in [-0.2, 0) is 24.5 Å². The number of nitrogens with one attached hydrogen (secondary N) is 1. The van der Waals surface area contributed by atoms with E-state index in [-0.39, 0.29) is 24.4 Å². The average Bonchev–Trinajstić information content (AvgIpc) is 3.12. The van der Waals surface area contributed by atoms with E-state index in [1.54, 1.807) is 6.20 Å². The van der Waals surface area contributed by atoms with Crippen LogP contribution in [0.1, 0.15) is 29.6 Å². The minimum atomic E-state index is -4.41. The summed E-state index contributed by atoms with van der Waals surface area (Å²) in [7, 11) is 1.86. The van der Waals surface area contributed by atoms with Gasteiger partial charge in [0, 0.05) is 44.8 Å². The summed E-state index contributed by atoms with van der Waals surface area (Å²) >= 11 is 0. The van der Waals surface area contributed by atoms with Crippen LogP contribution in [0, 0.1) is 0 Å². The second-order valence-corrected chi connectivity index (χ2v) is 5.46. The number of nitrogens with zero attached hydrogens (tertiary/aromatic N) is 3. The second kappa shape index (κ2) is 6.29. The van der Waals surface area contributed by atoms with Crippen molar-refractivity contribution in [3.8, 4) is 0 Å². The number of imidazole rings is 1. The molecule has 1 saturated heterocycles. The van der Waals surface area contributed by atoms with Crippen LogP contribution in [0.15, 0.2) is 30.7 Å². The predicted molar refractivity (Wildman–Crippen MR) is 76.4 cm³/mol. The first kappa shape index (κ1) is 15.9. The molecule has 0 spiro atoms. The van der Waals surface area contributed by atoms with Gasteiger partial charge in [0.15, 0.2) is 0 Å². The maximum atomic E-state index is 13.0. The number of halogens is 3. The van der Waals surface area contributed by atoms with Gasteiger partial charge in [0.25, 0.3) is 0 Å². The van der Waals surface area contributed by atoms with Gasteiger partial charge in [-0.3, -0.25) is 4.98 Å². The Balaban J connectivity index is 1.73. The van der Waals surface area contributed by atoms with Crippen molar-refractivity contribution in [3.63, 3.8) is 0 Å². The molecule has 0 unspecified atom stereocenters. The Bertz CT molecular complexity index is 671. The third-order valence-corrected chi connectivity index (χ3v) is 3.93.